The summed E-state index contributed by atoms with van der Waals surface area (Å²) < 4.78 is 35.4. The van der Waals surface area contributed by atoms with Crippen molar-refractivity contribution >= 4 is 46.6 Å². The monoisotopic (exact) mass is 799 g/mol. The van der Waals surface area contributed by atoms with E-state index in [1.807, 2.05) is 11.0 Å². The van der Waals surface area contributed by atoms with Gasteiger partial charge in [0.05, 0.1) is 18.5 Å². The molecule has 8 rings (SSSR count). The summed E-state index contributed by atoms with van der Waals surface area (Å²) >= 11 is 0. The minimum absolute atomic E-state index is 0.0133. The average Bonchev–Trinajstić information content (AvgIpc) is 3.23. The summed E-state index contributed by atoms with van der Waals surface area (Å²) in [5, 5.41) is 8.74. The predicted molar refractivity (Wildman–Crippen MR) is 214 cm³/mol. The van der Waals surface area contributed by atoms with Gasteiger partial charge in [-0.2, -0.15) is 0 Å². The van der Waals surface area contributed by atoms with Crippen LogP contribution in [0.3, 0.4) is 0 Å². The molecule has 1 unspecified atom stereocenters. The molecule has 0 radical (unpaired) electrons. The molecule has 16 heteroatoms. The van der Waals surface area contributed by atoms with E-state index in [0.717, 1.165) is 71.2 Å². The van der Waals surface area contributed by atoms with Gasteiger partial charge in [-0.15, -0.1) is 0 Å². The van der Waals surface area contributed by atoms with Gasteiger partial charge in [0.25, 0.3) is 5.91 Å². The van der Waals surface area contributed by atoms with Gasteiger partial charge in [0.2, 0.25) is 23.7 Å². The minimum atomic E-state index is -0.561. The Balaban J connectivity index is 0.755. The van der Waals surface area contributed by atoms with Gasteiger partial charge in [-0.3, -0.25) is 29.4 Å². The normalized spacial score (nSPS) is 23.8. The van der Waals surface area contributed by atoms with Crippen LogP contribution in [0.2, 0.25) is 0 Å². The van der Waals surface area contributed by atoms with Crippen LogP contribution in [0.1, 0.15) is 51.4 Å². The number of anilines is 4. The second kappa shape index (κ2) is 17.7. The number of likely N-dealkylation sites (tertiary alicyclic amines) is 1. The number of halogens is 2. The van der Waals surface area contributed by atoms with E-state index < -0.39 is 11.9 Å². The van der Waals surface area contributed by atoms with Gasteiger partial charge in [0.1, 0.15) is 24.2 Å². The molecule has 5 heterocycles. The third-order valence-corrected chi connectivity index (χ3v) is 12.3. The van der Waals surface area contributed by atoms with Gasteiger partial charge in [-0.05, 0) is 81.2 Å². The Morgan fingerprint density at radius 3 is 2.40 bits per heavy atom. The lowest BCUT2D eigenvalue weighted by atomic mass is 9.84. The first-order valence-corrected chi connectivity index (χ1v) is 20.6. The van der Waals surface area contributed by atoms with Crippen LogP contribution >= 0.6 is 0 Å². The fourth-order valence-electron chi connectivity index (χ4n) is 8.93. The number of morpholine rings is 1. The first-order valence-electron chi connectivity index (χ1n) is 20.6. The van der Waals surface area contributed by atoms with Crippen molar-refractivity contribution in [2.24, 2.45) is 11.8 Å². The Hall–Kier alpha value is -5.22. The molecule has 1 saturated carbocycles. The van der Waals surface area contributed by atoms with Crippen LogP contribution in [-0.2, 0) is 23.9 Å². The quantitative estimate of drug-likeness (QED) is 0.255. The number of piperidine rings is 2. The molecule has 0 spiro atoms. The van der Waals surface area contributed by atoms with Gasteiger partial charge >= 0.3 is 0 Å². The molecule has 5 aliphatic rings. The molecule has 1 atom stereocenters. The standard InChI is InChI=1S/C42H51F2N9O5/c43-33-23-31(46-35-9-11-37(54)48-40(35)56)8-10-36(33)51-18-16-50(17-19-51)25-27-12-14-52(15-13-27)41(57)28-4-6-30(7-5-28)47-42-45-24-34(44)39(49-42)29-2-1-3-32(22-29)53-20-21-58-26-38(53)55/h1-3,8,10,22-24,27-28,30,35,46H,4-7,9,11-21,25-26H2,(H,45,47,49)(H,48,54,56). The molecule has 2 aromatic carbocycles. The summed E-state index contributed by atoms with van der Waals surface area (Å²) in [6.07, 6.45) is 6.86. The molecule has 3 N–H and O–H groups in total. The number of imide groups is 1. The van der Waals surface area contributed by atoms with Crippen molar-refractivity contribution in [3.05, 3.63) is 60.3 Å². The fourth-order valence-corrected chi connectivity index (χ4v) is 8.93. The predicted octanol–water partition coefficient (Wildman–Crippen LogP) is 4.03. The number of aromatic nitrogens is 2. The highest BCUT2D eigenvalue weighted by Crippen LogP contribution is 2.32. The Morgan fingerprint density at radius 1 is 0.862 bits per heavy atom. The minimum Gasteiger partial charge on any atom is -0.374 e. The van der Waals surface area contributed by atoms with E-state index in [0.29, 0.717) is 67.2 Å². The van der Waals surface area contributed by atoms with E-state index in [9.17, 15) is 23.6 Å². The fraction of sp³-hybridized carbons (Fsp3) is 0.524. The molecule has 3 aromatic rings. The van der Waals surface area contributed by atoms with Gasteiger partial charge in [-0.25, -0.2) is 18.7 Å². The van der Waals surface area contributed by atoms with Crippen molar-refractivity contribution < 1.29 is 32.7 Å². The number of carbonyl (C=O) groups excluding carboxylic acids is 4. The highest BCUT2D eigenvalue weighted by Gasteiger charge is 2.33. The number of amides is 4. The molecule has 1 aliphatic carbocycles. The van der Waals surface area contributed by atoms with Crippen LogP contribution in [0.25, 0.3) is 11.3 Å². The van der Waals surface area contributed by atoms with E-state index in [1.54, 1.807) is 35.2 Å². The Morgan fingerprint density at radius 2 is 1.66 bits per heavy atom. The van der Waals surface area contributed by atoms with Crippen LogP contribution in [0.4, 0.5) is 31.8 Å². The number of nitrogens with zero attached hydrogens (tertiary/aromatic N) is 6. The number of nitrogens with one attached hydrogen (secondary N) is 3. The van der Waals surface area contributed by atoms with Crippen LogP contribution in [-0.4, -0.2) is 121 Å². The smallest absolute Gasteiger partial charge is 0.253 e. The van der Waals surface area contributed by atoms with Gasteiger partial charge in [0.15, 0.2) is 5.82 Å². The first kappa shape index (κ1) is 39.6. The lowest BCUT2D eigenvalue weighted by Gasteiger charge is -2.40. The van der Waals surface area contributed by atoms with E-state index in [1.165, 1.54) is 12.3 Å². The number of rotatable bonds is 10. The topological polar surface area (TPSA) is 152 Å². The molecule has 58 heavy (non-hydrogen) atoms. The Bertz CT molecular complexity index is 2000. The zero-order valence-electron chi connectivity index (χ0n) is 32.6. The van der Waals surface area contributed by atoms with Crippen LogP contribution in [0.5, 0.6) is 0 Å². The zero-order chi connectivity index (χ0) is 40.2. The third-order valence-electron chi connectivity index (χ3n) is 12.3. The van der Waals surface area contributed by atoms with Crippen molar-refractivity contribution in [3.63, 3.8) is 0 Å². The largest absolute Gasteiger partial charge is 0.374 e. The van der Waals surface area contributed by atoms with E-state index in [4.69, 9.17) is 4.74 Å². The summed E-state index contributed by atoms with van der Waals surface area (Å²) in [4.78, 5) is 66.4. The molecule has 4 saturated heterocycles. The number of ether oxygens (including phenoxy) is 1. The second-order valence-corrected chi connectivity index (χ2v) is 16.1. The highest BCUT2D eigenvalue weighted by molar-refractivity contribution is 6.01. The molecule has 1 aromatic heterocycles. The second-order valence-electron chi connectivity index (χ2n) is 16.1. The molecule has 308 valence electrons. The lowest BCUT2D eigenvalue weighted by molar-refractivity contribution is -0.138. The van der Waals surface area contributed by atoms with E-state index in [-0.39, 0.29) is 60.1 Å². The molecule has 14 nitrogen and oxygen atoms in total. The maximum Gasteiger partial charge on any atom is 0.253 e. The zero-order valence-corrected chi connectivity index (χ0v) is 32.6. The number of hydrogen-bond acceptors (Lipinski definition) is 11. The lowest BCUT2D eigenvalue weighted by Crippen LogP contribution is -2.50. The first-order chi connectivity index (χ1) is 28.2. The van der Waals surface area contributed by atoms with Crippen molar-refractivity contribution in [1.82, 2.24) is 25.1 Å². The molecule has 0 bridgehead atoms. The molecule has 4 aliphatic heterocycles. The summed E-state index contributed by atoms with van der Waals surface area (Å²) in [5.74, 6) is -0.624. The number of hydrogen-bond donors (Lipinski definition) is 3. The SMILES string of the molecule is O=C1CCC(Nc2ccc(N3CCN(CC4CCN(C(=O)C5CCC(Nc6ncc(F)c(-c7cccc(N8CCOCC8=O)c7)n6)CC5)CC4)CC3)c(F)c2)C(=O)N1. The van der Waals surface area contributed by atoms with Crippen molar-refractivity contribution in [2.75, 3.05) is 86.0 Å². The summed E-state index contributed by atoms with van der Waals surface area (Å²) in [7, 11) is 0. The van der Waals surface area contributed by atoms with E-state index >= 15 is 4.39 Å². The van der Waals surface area contributed by atoms with Crippen LogP contribution in [0.15, 0.2) is 48.7 Å². The van der Waals surface area contributed by atoms with Gasteiger partial charge in [0, 0.05) is 87.7 Å². The number of benzene rings is 2. The molecule has 4 amide bonds. The number of piperazine rings is 1. The summed E-state index contributed by atoms with van der Waals surface area (Å²) in [5.41, 5.74) is 2.45. The van der Waals surface area contributed by atoms with Crippen molar-refractivity contribution in [3.8, 4) is 11.3 Å². The molecular formula is C42H51F2N9O5. The average molecular weight is 800 g/mol. The molecule has 5 fully saturated rings. The maximum atomic E-state index is 15.2. The summed E-state index contributed by atoms with van der Waals surface area (Å²) in [6, 6.07) is 11.6. The van der Waals surface area contributed by atoms with Crippen molar-refractivity contribution in [1.29, 1.82) is 0 Å². The maximum absolute atomic E-state index is 15.2. The van der Waals surface area contributed by atoms with Gasteiger partial charge in [-0.1, -0.05) is 12.1 Å². The Labute approximate surface area is 336 Å². The Kier molecular flexibility index (Phi) is 12.1. The van der Waals surface area contributed by atoms with Crippen molar-refractivity contribution in [2.45, 2.75) is 63.5 Å². The van der Waals surface area contributed by atoms with Crippen LogP contribution < -0.4 is 25.8 Å². The third kappa shape index (κ3) is 9.23. The van der Waals surface area contributed by atoms with Gasteiger partial charge < -0.3 is 30.1 Å². The summed E-state index contributed by atoms with van der Waals surface area (Å²) in [6.45, 7) is 6.49. The van der Waals surface area contributed by atoms with E-state index in [2.05, 4.69) is 35.7 Å². The van der Waals surface area contributed by atoms with Crippen LogP contribution in [0, 0.1) is 23.5 Å². The number of carbonyl (C=O) groups is 4. The molecular weight excluding hydrogens is 749 g/mol. The highest BCUT2D eigenvalue weighted by atomic mass is 19.1.